The van der Waals surface area contributed by atoms with E-state index in [9.17, 15) is 9.59 Å². The van der Waals surface area contributed by atoms with Crippen molar-refractivity contribution in [1.29, 1.82) is 0 Å². The Balaban J connectivity index is 1.54. The molecular formula is C17H14IN5O2. The van der Waals surface area contributed by atoms with E-state index >= 15 is 0 Å². The number of hydrogen-bond donors (Lipinski definition) is 2. The van der Waals surface area contributed by atoms with Gasteiger partial charge in [-0.05, 0) is 46.9 Å². The predicted molar refractivity (Wildman–Crippen MR) is 101 cm³/mol. The molecule has 0 unspecified atom stereocenters. The number of amides is 2. The Hall–Kier alpha value is -2.75. The number of halogens is 1. The van der Waals surface area contributed by atoms with E-state index in [0.717, 1.165) is 3.57 Å². The van der Waals surface area contributed by atoms with Crippen molar-refractivity contribution in [3.05, 3.63) is 70.4 Å². The average Bonchev–Trinajstić information content (AvgIpc) is 3.15. The number of nitrogens with one attached hydrogen (secondary N) is 2. The second-order valence-corrected chi connectivity index (χ2v) is 6.25. The Morgan fingerprint density at radius 2 is 2.00 bits per heavy atom. The van der Waals surface area contributed by atoms with Crippen molar-refractivity contribution in [2.24, 2.45) is 0 Å². The minimum atomic E-state index is -0.323. The molecule has 0 aliphatic heterocycles. The molecule has 1 aromatic carbocycles. The van der Waals surface area contributed by atoms with Gasteiger partial charge in [-0.2, -0.15) is 0 Å². The number of hydrogen-bond acceptors (Lipinski definition) is 4. The lowest BCUT2D eigenvalue weighted by molar-refractivity contribution is -0.115. The van der Waals surface area contributed by atoms with Gasteiger partial charge in [0.05, 0.1) is 24.0 Å². The van der Waals surface area contributed by atoms with Crippen LogP contribution in [0.15, 0.2) is 61.3 Å². The smallest absolute Gasteiger partial charge is 0.252 e. The topological polar surface area (TPSA) is 88.9 Å². The first-order valence-corrected chi connectivity index (χ1v) is 8.48. The number of carbonyl (C=O) groups excluding carboxylic acids is 2. The summed E-state index contributed by atoms with van der Waals surface area (Å²) < 4.78 is 2.59. The Morgan fingerprint density at radius 1 is 1.16 bits per heavy atom. The molecule has 0 saturated carbocycles. The van der Waals surface area contributed by atoms with E-state index in [1.54, 1.807) is 53.8 Å². The molecule has 0 saturated heterocycles. The van der Waals surface area contributed by atoms with Gasteiger partial charge >= 0.3 is 0 Å². The largest absolute Gasteiger partial charge is 0.343 e. The molecule has 126 valence electrons. The van der Waals surface area contributed by atoms with E-state index in [1.807, 2.05) is 12.1 Å². The first-order chi connectivity index (χ1) is 12.1. The summed E-state index contributed by atoms with van der Waals surface area (Å²) in [5.41, 5.74) is 1.10. The third kappa shape index (κ3) is 4.41. The first-order valence-electron chi connectivity index (χ1n) is 7.40. The molecule has 25 heavy (non-hydrogen) atoms. The van der Waals surface area contributed by atoms with E-state index in [0.29, 0.717) is 17.1 Å². The Bertz CT molecular complexity index is 878. The lowest BCUT2D eigenvalue weighted by Gasteiger charge is -2.08. The van der Waals surface area contributed by atoms with Crippen LogP contribution in [-0.4, -0.2) is 32.9 Å². The lowest BCUT2D eigenvalue weighted by atomic mass is 10.2. The van der Waals surface area contributed by atoms with E-state index in [-0.39, 0.29) is 18.4 Å². The molecule has 0 aliphatic rings. The fraction of sp³-hybridized carbons (Fsp3) is 0.0588. The van der Waals surface area contributed by atoms with Gasteiger partial charge < -0.3 is 10.6 Å². The van der Waals surface area contributed by atoms with Gasteiger partial charge in [-0.3, -0.25) is 14.2 Å². The summed E-state index contributed by atoms with van der Waals surface area (Å²) in [5.74, 6) is 0.0904. The van der Waals surface area contributed by atoms with Crippen molar-refractivity contribution in [3.8, 4) is 5.82 Å². The number of pyridine rings is 1. The lowest BCUT2D eigenvalue weighted by Crippen LogP contribution is -2.33. The van der Waals surface area contributed by atoms with Crippen LogP contribution < -0.4 is 10.6 Å². The SMILES string of the molecule is O=C(CNC(=O)c1ccccc1I)Nc1ccc(-n2ccnc2)nc1. The molecule has 3 aromatic rings. The van der Waals surface area contributed by atoms with Crippen molar-refractivity contribution < 1.29 is 9.59 Å². The quantitative estimate of drug-likeness (QED) is 0.588. The van der Waals surface area contributed by atoms with Crippen LogP contribution in [0.4, 0.5) is 5.69 Å². The molecule has 0 bridgehead atoms. The molecule has 0 radical (unpaired) electrons. The third-order valence-corrected chi connectivity index (χ3v) is 4.27. The highest BCUT2D eigenvalue weighted by Gasteiger charge is 2.11. The Labute approximate surface area is 157 Å². The van der Waals surface area contributed by atoms with Crippen LogP contribution in [0, 0.1) is 3.57 Å². The van der Waals surface area contributed by atoms with Crippen molar-refractivity contribution in [1.82, 2.24) is 19.9 Å². The van der Waals surface area contributed by atoms with Crippen LogP contribution >= 0.6 is 22.6 Å². The second-order valence-electron chi connectivity index (χ2n) is 5.09. The molecule has 2 amide bonds. The van der Waals surface area contributed by atoms with Gasteiger partial charge in [0, 0.05) is 16.0 Å². The van der Waals surface area contributed by atoms with Crippen molar-refractivity contribution in [2.75, 3.05) is 11.9 Å². The van der Waals surface area contributed by atoms with Gasteiger partial charge in [0.25, 0.3) is 5.91 Å². The van der Waals surface area contributed by atoms with Gasteiger partial charge in [0.2, 0.25) is 5.91 Å². The minimum absolute atomic E-state index is 0.118. The maximum atomic E-state index is 12.1. The number of aromatic nitrogens is 3. The molecule has 0 atom stereocenters. The van der Waals surface area contributed by atoms with E-state index in [2.05, 4.69) is 43.2 Å². The zero-order valence-electron chi connectivity index (χ0n) is 13.0. The summed E-state index contributed by atoms with van der Waals surface area (Å²) >= 11 is 2.08. The number of nitrogens with zero attached hydrogens (tertiary/aromatic N) is 3. The fourth-order valence-corrected chi connectivity index (χ4v) is 2.75. The van der Waals surface area contributed by atoms with Gasteiger partial charge in [-0.1, -0.05) is 12.1 Å². The molecule has 2 N–H and O–H groups in total. The van der Waals surface area contributed by atoms with Crippen LogP contribution in [0.3, 0.4) is 0 Å². The summed E-state index contributed by atoms with van der Waals surface area (Å²) in [6.07, 6.45) is 6.63. The summed E-state index contributed by atoms with van der Waals surface area (Å²) in [6, 6.07) is 10.7. The van der Waals surface area contributed by atoms with E-state index < -0.39 is 0 Å². The van der Waals surface area contributed by atoms with Crippen LogP contribution in [-0.2, 0) is 4.79 Å². The summed E-state index contributed by atoms with van der Waals surface area (Å²) in [7, 11) is 0. The van der Waals surface area contributed by atoms with Crippen molar-refractivity contribution >= 4 is 40.1 Å². The summed E-state index contributed by atoms with van der Waals surface area (Å²) in [4.78, 5) is 32.3. The second kappa shape index (κ2) is 7.88. The van der Waals surface area contributed by atoms with Crippen LogP contribution in [0.5, 0.6) is 0 Å². The highest BCUT2D eigenvalue weighted by molar-refractivity contribution is 14.1. The predicted octanol–water partition coefficient (Wildman–Crippen LogP) is 2.24. The van der Waals surface area contributed by atoms with Crippen LogP contribution in [0.1, 0.15) is 10.4 Å². The minimum Gasteiger partial charge on any atom is -0.343 e. The maximum absolute atomic E-state index is 12.1. The fourth-order valence-electron chi connectivity index (χ4n) is 2.11. The average molecular weight is 447 g/mol. The molecule has 8 heteroatoms. The molecule has 2 aromatic heterocycles. The molecular weight excluding hydrogens is 433 g/mol. The number of imidazole rings is 1. The monoisotopic (exact) mass is 447 g/mol. The maximum Gasteiger partial charge on any atom is 0.252 e. The molecule has 7 nitrogen and oxygen atoms in total. The third-order valence-electron chi connectivity index (χ3n) is 3.33. The van der Waals surface area contributed by atoms with Gasteiger partial charge in [0.15, 0.2) is 0 Å². The Kier molecular flexibility index (Phi) is 5.39. The highest BCUT2D eigenvalue weighted by Crippen LogP contribution is 2.11. The molecule has 0 fully saturated rings. The Morgan fingerprint density at radius 3 is 2.68 bits per heavy atom. The van der Waals surface area contributed by atoms with Gasteiger partial charge in [0.1, 0.15) is 12.1 Å². The number of carbonyl (C=O) groups is 2. The summed E-state index contributed by atoms with van der Waals surface area (Å²) in [6.45, 7) is -0.118. The van der Waals surface area contributed by atoms with E-state index in [4.69, 9.17) is 0 Å². The number of benzene rings is 1. The molecule has 3 rings (SSSR count). The first kappa shape index (κ1) is 17.1. The van der Waals surface area contributed by atoms with Crippen molar-refractivity contribution in [3.63, 3.8) is 0 Å². The van der Waals surface area contributed by atoms with Gasteiger partial charge in [-0.25, -0.2) is 9.97 Å². The van der Waals surface area contributed by atoms with Crippen LogP contribution in [0.2, 0.25) is 0 Å². The highest BCUT2D eigenvalue weighted by atomic mass is 127. The molecule has 0 aliphatic carbocycles. The number of rotatable bonds is 5. The standard InChI is InChI=1S/C17H14IN5O2/c18-14-4-2-1-3-13(14)17(25)21-10-16(24)22-12-5-6-15(20-9-12)23-8-7-19-11-23/h1-9,11H,10H2,(H,21,25)(H,22,24). The van der Waals surface area contributed by atoms with Gasteiger partial charge in [-0.15, -0.1) is 0 Å². The van der Waals surface area contributed by atoms with Crippen LogP contribution in [0.25, 0.3) is 5.82 Å². The molecule has 2 heterocycles. The zero-order chi connectivity index (χ0) is 17.6. The number of anilines is 1. The van der Waals surface area contributed by atoms with Crippen molar-refractivity contribution in [2.45, 2.75) is 0 Å². The normalized spacial score (nSPS) is 10.3. The van der Waals surface area contributed by atoms with E-state index in [1.165, 1.54) is 0 Å². The molecule has 0 spiro atoms. The summed E-state index contributed by atoms with van der Waals surface area (Å²) in [5, 5.41) is 5.30. The zero-order valence-corrected chi connectivity index (χ0v) is 15.2.